The molecule has 0 atom stereocenters. The van der Waals surface area contributed by atoms with E-state index in [1.807, 2.05) is 48.7 Å². The number of nitrogens with one attached hydrogen (secondary N) is 1. The molecule has 1 aromatic heterocycles. The summed E-state index contributed by atoms with van der Waals surface area (Å²) in [7, 11) is 3.23. The maximum absolute atomic E-state index is 11.8. The van der Waals surface area contributed by atoms with Gasteiger partial charge < -0.3 is 14.0 Å². The number of benzene rings is 2. The van der Waals surface area contributed by atoms with Crippen molar-refractivity contribution < 1.29 is 19.1 Å². The number of carbonyl (C=O) groups is 2. The molecule has 0 saturated carbocycles. The van der Waals surface area contributed by atoms with Gasteiger partial charge >= 0.3 is 0 Å². The zero-order chi connectivity index (χ0) is 19.7. The van der Waals surface area contributed by atoms with Gasteiger partial charge in [-0.3, -0.25) is 14.9 Å². The third-order valence-electron chi connectivity index (χ3n) is 4.58. The molecule has 28 heavy (non-hydrogen) atoms. The molecule has 2 heterocycles. The fourth-order valence-electron chi connectivity index (χ4n) is 3.25. The summed E-state index contributed by atoms with van der Waals surface area (Å²) in [5, 5.41) is 2.96. The Hall–Kier alpha value is -3.19. The summed E-state index contributed by atoms with van der Waals surface area (Å²) in [6, 6.07) is 13.8. The maximum Gasteiger partial charge on any atom is 0.290 e. The van der Waals surface area contributed by atoms with Crippen molar-refractivity contribution in [3.63, 3.8) is 0 Å². The molecule has 3 aromatic rings. The molecule has 1 aliphatic rings. The third kappa shape index (κ3) is 3.36. The molecule has 2 amide bonds. The van der Waals surface area contributed by atoms with Crippen molar-refractivity contribution in [1.29, 1.82) is 0 Å². The Morgan fingerprint density at radius 1 is 1.07 bits per heavy atom. The fraction of sp³-hybridized carbons (Fsp3) is 0.143. The Morgan fingerprint density at radius 2 is 1.89 bits per heavy atom. The maximum atomic E-state index is 11.8. The number of fused-ring (bicyclic) bond motifs is 1. The topological polar surface area (TPSA) is 69.6 Å². The van der Waals surface area contributed by atoms with Gasteiger partial charge in [0, 0.05) is 23.6 Å². The van der Waals surface area contributed by atoms with Crippen LogP contribution in [0.4, 0.5) is 4.79 Å². The summed E-state index contributed by atoms with van der Waals surface area (Å²) >= 11 is 0.923. The van der Waals surface area contributed by atoms with Crippen molar-refractivity contribution in [2.75, 3.05) is 14.2 Å². The number of amides is 2. The summed E-state index contributed by atoms with van der Waals surface area (Å²) in [6.45, 7) is 0.664. The molecular formula is C21H18N2O4S. The average Bonchev–Trinajstić information content (AvgIpc) is 3.25. The number of aromatic nitrogens is 1. The SMILES string of the molecule is COc1ccc(Cn2ccc3c(/C=C4\SC(=O)NC4=O)cccc32)cc1OC. The largest absolute Gasteiger partial charge is 0.493 e. The number of rotatable bonds is 5. The van der Waals surface area contributed by atoms with E-state index >= 15 is 0 Å². The first kappa shape index (κ1) is 18.2. The van der Waals surface area contributed by atoms with Crippen LogP contribution in [0.2, 0.25) is 0 Å². The minimum atomic E-state index is -0.350. The molecule has 0 aliphatic carbocycles. The van der Waals surface area contributed by atoms with Crippen molar-refractivity contribution >= 4 is 39.9 Å². The second kappa shape index (κ2) is 7.44. The van der Waals surface area contributed by atoms with Gasteiger partial charge in [-0.15, -0.1) is 0 Å². The normalized spacial score (nSPS) is 15.3. The van der Waals surface area contributed by atoms with E-state index in [4.69, 9.17) is 9.47 Å². The van der Waals surface area contributed by atoms with Gasteiger partial charge in [-0.25, -0.2) is 0 Å². The Bertz CT molecular complexity index is 1120. The zero-order valence-electron chi connectivity index (χ0n) is 15.4. The Kier molecular flexibility index (Phi) is 4.83. The fourth-order valence-corrected chi connectivity index (χ4v) is 3.92. The van der Waals surface area contributed by atoms with Crippen molar-refractivity contribution in [3.8, 4) is 11.5 Å². The van der Waals surface area contributed by atoms with Crippen LogP contribution in [0.1, 0.15) is 11.1 Å². The van der Waals surface area contributed by atoms with Crippen LogP contribution in [0, 0.1) is 0 Å². The first-order valence-electron chi connectivity index (χ1n) is 8.62. The quantitative estimate of drug-likeness (QED) is 0.662. The molecule has 0 radical (unpaired) electrons. The molecule has 6 nitrogen and oxygen atoms in total. The van der Waals surface area contributed by atoms with E-state index in [1.54, 1.807) is 20.3 Å². The van der Waals surface area contributed by atoms with Gasteiger partial charge in [-0.2, -0.15) is 0 Å². The average molecular weight is 394 g/mol. The van der Waals surface area contributed by atoms with Gasteiger partial charge in [0.1, 0.15) is 0 Å². The molecule has 1 saturated heterocycles. The summed E-state index contributed by atoms with van der Waals surface area (Å²) in [5.74, 6) is 1.03. The van der Waals surface area contributed by atoms with Gasteiger partial charge in [0.15, 0.2) is 11.5 Å². The predicted octanol–water partition coefficient (Wildman–Crippen LogP) is 4.03. The molecule has 4 rings (SSSR count). The van der Waals surface area contributed by atoms with E-state index in [9.17, 15) is 9.59 Å². The smallest absolute Gasteiger partial charge is 0.290 e. The highest BCUT2D eigenvalue weighted by molar-refractivity contribution is 8.18. The summed E-state index contributed by atoms with van der Waals surface area (Å²) in [4.78, 5) is 23.6. The Labute approximate surface area is 166 Å². The summed E-state index contributed by atoms with van der Waals surface area (Å²) in [6.07, 6.45) is 3.77. The van der Waals surface area contributed by atoms with Gasteiger partial charge in [0.05, 0.1) is 19.1 Å². The van der Waals surface area contributed by atoms with Gasteiger partial charge in [0.25, 0.3) is 11.1 Å². The minimum absolute atomic E-state index is 0.338. The number of hydrogen-bond acceptors (Lipinski definition) is 5. The lowest BCUT2D eigenvalue weighted by Gasteiger charge is -2.11. The van der Waals surface area contributed by atoms with E-state index in [1.165, 1.54) is 0 Å². The van der Waals surface area contributed by atoms with Crippen LogP contribution in [0.25, 0.3) is 17.0 Å². The number of methoxy groups -OCH3 is 2. The zero-order valence-corrected chi connectivity index (χ0v) is 16.2. The Balaban J connectivity index is 1.68. The molecule has 142 valence electrons. The van der Waals surface area contributed by atoms with Crippen LogP contribution in [0.5, 0.6) is 11.5 Å². The number of carbonyl (C=O) groups excluding carboxylic acids is 2. The van der Waals surface area contributed by atoms with Crippen molar-refractivity contribution in [3.05, 3.63) is 64.7 Å². The second-order valence-corrected chi connectivity index (χ2v) is 7.28. The molecule has 1 N–H and O–H groups in total. The van der Waals surface area contributed by atoms with E-state index in [-0.39, 0.29) is 11.1 Å². The first-order valence-corrected chi connectivity index (χ1v) is 9.44. The lowest BCUT2D eigenvalue weighted by atomic mass is 10.1. The van der Waals surface area contributed by atoms with E-state index in [0.717, 1.165) is 33.8 Å². The number of thioether (sulfide) groups is 1. The highest BCUT2D eigenvalue weighted by atomic mass is 32.2. The predicted molar refractivity (Wildman–Crippen MR) is 110 cm³/mol. The van der Waals surface area contributed by atoms with Gasteiger partial charge in [-0.1, -0.05) is 18.2 Å². The number of ether oxygens (including phenoxy) is 2. The lowest BCUT2D eigenvalue weighted by Crippen LogP contribution is -2.17. The lowest BCUT2D eigenvalue weighted by molar-refractivity contribution is -0.115. The first-order chi connectivity index (χ1) is 13.6. The number of imide groups is 1. The van der Waals surface area contributed by atoms with E-state index < -0.39 is 0 Å². The van der Waals surface area contributed by atoms with Crippen LogP contribution in [0.15, 0.2) is 53.6 Å². The summed E-state index contributed by atoms with van der Waals surface area (Å²) < 4.78 is 12.8. The van der Waals surface area contributed by atoms with Crippen LogP contribution < -0.4 is 14.8 Å². The summed E-state index contributed by atoms with van der Waals surface area (Å²) in [5.41, 5.74) is 3.02. The molecule has 2 aromatic carbocycles. The molecule has 1 fully saturated rings. The highest BCUT2D eigenvalue weighted by Gasteiger charge is 2.25. The molecule has 0 spiro atoms. The van der Waals surface area contributed by atoms with E-state index in [0.29, 0.717) is 22.9 Å². The van der Waals surface area contributed by atoms with Crippen LogP contribution in [-0.2, 0) is 11.3 Å². The van der Waals surface area contributed by atoms with Crippen LogP contribution >= 0.6 is 11.8 Å². The Morgan fingerprint density at radius 3 is 2.61 bits per heavy atom. The van der Waals surface area contributed by atoms with Gasteiger partial charge in [0.2, 0.25) is 0 Å². The van der Waals surface area contributed by atoms with Gasteiger partial charge in [-0.05, 0) is 53.2 Å². The molecular weight excluding hydrogens is 376 g/mol. The number of hydrogen-bond donors (Lipinski definition) is 1. The standard InChI is InChI=1S/C21H18N2O4S/c1-26-17-7-6-13(10-18(17)27-2)12-23-9-8-15-14(4-3-5-16(15)23)11-19-20(24)22-21(25)28-19/h3-11H,12H2,1-2H3,(H,22,24,25)/b19-11-. The minimum Gasteiger partial charge on any atom is -0.493 e. The van der Waals surface area contributed by atoms with Crippen LogP contribution in [-0.4, -0.2) is 29.9 Å². The number of nitrogens with zero attached hydrogens (tertiary/aromatic N) is 1. The molecule has 0 bridgehead atoms. The van der Waals surface area contributed by atoms with Crippen LogP contribution in [0.3, 0.4) is 0 Å². The van der Waals surface area contributed by atoms with E-state index in [2.05, 4.69) is 9.88 Å². The van der Waals surface area contributed by atoms with Crippen molar-refractivity contribution in [2.45, 2.75) is 6.54 Å². The molecule has 7 heteroatoms. The highest BCUT2D eigenvalue weighted by Crippen LogP contribution is 2.31. The molecule has 1 aliphatic heterocycles. The van der Waals surface area contributed by atoms with Crippen molar-refractivity contribution in [1.82, 2.24) is 9.88 Å². The third-order valence-corrected chi connectivity index (χ3v) is 5.39. The van der Waals surface area contributed by atoms with Crippen molar-refractivity contribution in [2.24, 2.45) is 0 Å². The monoisotopic (exact) mass is 394 g/mol. The second-order valence-electron chi connectivity index (χ2n) is 6.27. The molecule has 0 unspecified atom stereocenters.